The molecule has 0 radical (unpaired) electrons. The first kappa shape index (κ1) is 16.1. The molecule has 2 rings (SSSR count). The quantitative estimate of drug-likeness (QED) is 0.822. The lowest BCUT2D eigenvalue weighted by Gasteiger charge is -2.20. The zero-order valence-electron chi connectivity index (χ0n) is 12.0. The van der Waals surface area contributed by atoms with Crippen molar-refractivity contribution >= 4 is 33.2 Å². The number of benzene rings is 1. The summed E-state index contributed by atoms with van der Waals surface area (Å²) in [6, 6.07) is 2.88. The molecule has 0 unspecified atom stereocenters. The predicted octanol–water partition coefficient (Wildman–Crippen LogP) is 1.08. The zero-order chi connectivity index (χ0) is 15.8. The number of halogens is 1. The molecular weight excluding hydrogens is 314 g/mol. The molecule has 1 aliphatic heterocycles. The van der Waals surface area contributed by atoms with Gasteiger partial charge in [-0.05, 0) is 31.0 Å². The maximum atomic E-state index is 12.7. The number of aryl methyl sites for hydroxylation is 1. The van der Waals surface area contributed by atoms with Gasteiger partial charge in [0.25, 0.3) is 0 Å². The van der Waals surface area contributed by atoms with Gasteiger partial charge in [0, 0.05) is 25.8 Å². The SMILES string of the molecule is Cc1cc(Cl)c(S(=O)(=O)N2CCCN(C)C(=O)C2)cc1N. The number of sulfonamides is 1. The van der Waals surface area contributed by atoms with Gasteiger partial charge in [-0.25, -0.2) is 8.42 Å². The van der Waals surface area contributed by atoms with Crippen LogP contribution in [-0.2, 0) is 14.8 Å². The van der Waals surface area contributed by atoms with E-state index in [1.165, 1.54) is 17.0 Å². The summed E-state index contributed by atoms with van der Waals surface area (Å²) in [5.74, 6) is -0.229. The summed E-state index contributed by atoms with van der Waals surface area (Å²) < 4.78 is 26.5. The molecule has 6 nitrogen and oxygen atoms in total. The molecule has 1 fully saturated rings. The Labute approximate surface area is 129 Å². The van der Waals surface area contributed by atoms with Crippen LogP contribution in [0.1, 0.15) is 12.0 Å². The van der Waals surface area contributed by atoms with Gasteiger partial charge in [0.2, 0.25) is 15.9 Å². The number of carbonyl (C=O) groups excluding carboxylic acids is 1. The number of anilines is 1. The number of hydrogen-bond acceptors (Lipinski definition) is 4. The molecule has 1 aromatic rings. The lowest BCUT2D eigenvalue weighted by molar-refractivity contribution is -0.129. The van der Waals surface area contributed by atoms with Crippen LogP contribution in [0, 0.1) is 6.92 Å². The Morgan fingerprint density at radius 2 is 1.95 bits per heavy atom. The second kappa shape index (κ2) is 5.82. The van der Waals surface area contributed by atoms with Gasteiger partial charge in [0.15, 0.2) is 0 Å². The van der Waals surface area contributed by atoms with Gasteiger partial charge in [-0.1, -0.05) is 11.6 Å². The van der Waals surface area contributed by atoms with E-state index in [2.05, 4.69) is 0 Å². The van der Waals surface area contributed by atoms with E-state index in [-0.39, 0.29) is 28.9 Å². The van der Waals surface area contributed by atoms with Gasteiger partial charge in [0.1, 0.15) is 4.90 Å². The first-order valence-corrected chi connectivity index (χ1v) is 8.35. The Bertz CT molecular complexity index is 675. The summed E-state index contributed by atoms with van der Waals surface area (Å²) in [4.78, 5) is 13.3. The minimum absolute atomic E-state index is 0.0513. The van der Waals surface area contributed by atoms with Gasteiger partial charge in [-0.3, -0.25) is 4.79 Å². The maximum absolute atomic E-state index is 12.7. The molecule has 1 amide bonds. The van der Waals surface area contributed by atoms with Crippen LogP contribution in [-0.4, -0.2) is 50.2 Å². The van der Waals surface area contributed by atoms with Gasteiger partial charge in [-0.15, -0.1) is 0 Å². The van der Waals surface area contributed by atoms with Gasteiger partial charge < -0.3 is 10.6 Å². The molecule has 0 spiro atoms. The molecule has 0 bridgehead atoms. The van der Waals surface area contributed by atoms with Crippen molar-refractivity contribution in [2.75, 3.05) is 32.4 Å². The third-order valence-corrected chi connectivity index (χ3v) is 5.89. The molecule has 0 saturated carbocycles. The molecule has 2 N–H and O–H groups in total. The van der Waals surface area contributed by atoms with Crippen molar-refractivity contribution in [1.29, 1.82) is 0 Å². The van der Waals surface area contributed by atoms with Crippen LogP contribution in [0.25, 0.3) is 0 Å². The lowest BCUT2D eigenvalue weighted by atomic mass is 10.2. The van der Waals surface area contributed by atoms with Gasteiger partial charge >= 0.3 is 0 Å². The Hall–Kier alpha value is -1.31. The van der Waals surface area contributed by atoms with Crippen molar-refractivity contribution in [2.24, 2.45) is 0 Å². The highest BCUT2D eigenvalue weighted by molar-refractivity contribution is 7.89. The van der Waals surface area contributed by atoms with Gasteiger partial charge in [0.05, 0.1) is 11.6 Å². The van der Waals surface area contributed by atoms with Crippen molar-refractivity contribution in [1.82, 2.24) is 9.21 Å². The standard InChI is InChI=1S/C13H18ClN3O3S/c1-9-6-10(14)12(7-11(9)15)21(19,20)17-5-3-4-16(2)13(18)8-17/h6-7H,3-5,8,15H2,1-2H3. The smallest absolute Gasteiger partial charge is 0.245 e. The maximum Gasteiger partial charge on any atom is 0.245 e. The molecule has 0 atom stereocenters. The largest absolute Gasteiger partial charge is 0.398 e. The van der Waals surface area contributed by atoms with Crippen molar-refractivity contribution < 1.29 is 13.2 Å². The van der Waals surface area contributed by atoms with Crippen molar-refractivity contribution in [3.05, 3.63) is 22.7 Å². The highest BCUT2D eigenvalue weighted by Crippen LogP contribution is 2.29. The van der Waals surface area contributed by atoms with E-state index in [9.17, 15) is 13.2 Å². The second-order valence-corrected chi connectivity index (χ2v) is 7.46. The minimum atomic E-state index is -3.84. The number of hydrogen-bond donors (Lipinski definition) is 1. The van der Waals surface area contributed by atoms with E-state index in [1.54, 1.807) is 14.0 Å². The van der Waals surface area contributed by atoms with Crippen LogP contribution >= 0.6 is 11.6 Å². The van der Waals surface area contributed by atoms with Crippen LogP contribution in [0.3, 0.4) is 0 Å². The Morgan fingerprint density at radius 1 is 1.29 bits per heavy atom. The topological polar surface area (TPSA) is 83.7 Å². The van der Waals surface area contributed by atoms with E-state index in [4.69, 9.17) is 17.3 Å². The molecule has 1 saturated heterocycles. The fraction of sp³-hybridized carbons (Fsp3) is 0.462. The van der Waals surface area contributed by atoms with Crippen LogP contribution in [0.5, 0.6) is 0 Å². The monoisotopic (exact) mass is 331 g/mol. The van der Waals surface area contributed by atoms with Gasteiger partial charge in [-0.2, -0.15) is 4.31 Å². The first-order chi connectivity index (χ1) is 9.73. The molecule has 1 heterocycles. The molecule has 116 valence electrons. The van der Waals surface area contributed by atoms with E-state index >= 15 is 0 Å². The third kappa shape index (κ3) is 3.14. The van der Waals surface area contributed by atoms with E-state index < -0.39 is 10.0 Å². The number of likely N-dealkylation sites (N-methyl/N-ethyl adjacent to an activating group) is 1. The Kier molecular flexibility index (Phi) is 4.46. The summed E-state index contributed by atoms with van der Waals surface area (Å²) >= 11 is 6.05. The predicted molar refractivity (Wildman–Crippen MR) is 81.6 cm³/mol. The molecule has 0 aromatic heterocycles. The normalized spacial score (nSPS) is 17.9. The average Bonchev–Trinajstić information content (AvgIpc) is 2.57. The summed E-state index contributed by atoms with van der Waals surface area (Å²) in [5.41, 5.74) is 6.85. The van der Waals surface area contributed by atoms with E-state index in [0.29, 0.717) is 24.2 Å². The van der Waals surface area contributed by atoms with E-state index in [0.717, 1.165) is 4.31 Å². The molecule has 21 heavy (non-hydrogen) atoms. The average molecular weight is 332 g/mol. The number of nitrogen functional groups attached to an aromatic ring is 1. The molecule has 8 heteroatoms. The van der Waals surface area contributed by atoms with Crippen molar-refractivity contribution in [2.45, 2.75) is 18.2 Å². The molecule has 1 aliphatic rings. The summed E-state index contributed by atoms with van der Waals surface area (Å²) in [6.45, 7) is 2.39. The highest BCUT2D eigenvalue weighted by atomic mass is 35.5. The number of nitrogens with zero attached hydrogens (tertiary/aromatic N) is 2. The number of amides is 1. The molecule has 1 aromatic carbocycles. The molecule has 0 aliphatic carbocycles. The fourth-order valence-corrected chi connectivity index (χ4v) is 4.19. The lowest BCUT2D eigenvalue weighted by Crippen LogP contribution is -2.38. The Balaban J connectivity index is 2.42. The number of carbonyl (C=O) groups is 1. The second-order valence-electron chi connectivity index (χ2n) is 5.15. The fourth-order valence-electron chi connectivity index (χ4n) is 2.17. The van der Waals surface area contributed by atoms with Crippen LogP contribution in [0.2, 0.25) is 5.02 Å². The number of rotatable bonds is 2. The van der Waals surface area contributed by atoms with Crippen LogP contribution < -0.4 is 5.73 Å². The summed E-state index contributed by atoms with van der Waals surface area (Å²) in [7, 11) is -2.18. The highest BCUT2D eigenvalue weighted by Gasteiger charge is 2.31. The third-order valence-electron chi connectivity index (χ3n) is 3.58. The van der Waals surface area contributed by atoms with Crippen molar-refractivity contribution in [3.8, 4) is 0 Å². The molecular formula is C13H18ClN3O3S. The van der Waals surface area contributed by atoms with E-state index in [1.807, 2.05) is 0 Å². The van der Waals surface area contributed by atoms with Crippen LogP contribution in [0.4, 0.5) is 5.69 Å². The Morgan fingerprint density at radius 3 is 2.62 bits per heavy atom. The van der Waals surface area contributed by atoms with Crippen molar-refractivity contribution in [3.63, 3.8) is 0 Å². The summed E-state index contributed by atoms with van der Waals surface area (Å²) in [6.07, 6.45) is 0.584. The van der Waals surface area contributed by atoms with Crippen LogP contribution in [0.15, 0.2) is 17.0 Å². The zero-order valence-corrected chi connectivity index (χ0v) is 13.5. The number of nitrogens with two attached hydrogens (primary N) is 1. The minimum Gasteiger partial charge on any atom is -0.398 e. The first-order valence-electron chi connectivity index (χ1n) is 6.53. The summed E-state index contributed by atoms with van der Waals surface area (Å²) in [5, 5.41) is 0.117.